The third-order valence-electron chi connectivity index (χ3n) is 2.63. The molecule has 0 fully saturated rings. The summed E-state index contributed by atoms with van der Waals surface area (Å²) >= 11 is 0. The van der Waals surface area contributed by atoms with Crippen molar-refractivity contribution in [3.05, 3.63) is 51.3 Å². The first kappa shape index (κ1) is 11.8. The molecule has 0 aliphatic heterocycles. The van der Waals surface area contributed by atoms with Crippen LogP contribution in [0.4, 0.5) is 0 Å². The molecule has 1 aromatic heterocycles. The summed E-state index contributed by atoms with van der Waals surface area (Å²) in [6.07, 6.45) is 2.97. The number of carbonyl (C=O) groups is 1. The monoisotopic (exact) mass is 246 g/mol. The van der Waals surface area contributed by atoms with E-state index in [1.165, 1.54) is 19.1 Å². The Morgan fingerprint density at radius 3 is 2.83 bits per heavy atom. The molecule has 0 atom stereocenters. The highest BCUT2D eigenvalue weighted by Gasteiger charge is 2.12. The number of aromatic carboxylic acids is 1. The molecule has 6 heteroatoms. The number of fused-ring (bicyclic) bond motifs is 1. The topological polar surface area (TPSA) is 96.2 Å². The van der Waals surface area contributed by atoms with E-state index >= 15 is 0 Å². The minimum atomic E-state index is -1.04. The van der Waals surface area contributed by atoms with Crippen LogP contribution >= 0.6 is 0 Å². The van der Waals surface area contributed by atoms with E-state index in [-0.39, 0.29) is 11.3 Å². The molecule has 0 amide bonds. The molecule has 0 saturated heterocycles. The average Bonchev–Trinajstić information content (AvgIpc) is 2.72. The molecular formula is C12H10N2O4. The molecule has 0 aliphatic rings. The Hall–Kier alpha value is -2.63. The van der Waals surface area contributed by atoms with Crippen molar-refractivity contribution in [2.24, 2.45) is 0 Å². The zero-order valence-electron chi connectivity index (χ0n) is 9.51. The first-order valence-corrected chi connectivity index (χ1v) is 5.17. The molecule has 0 unspecified atom stereocenters. The summed E-state index contributed by atoms with van der Waals surface area (Å²) < 4.78 is 0. The minimum Gasteiger partial charge on any atom is -0.478 e. The van der Waals surface area contributed by atoms with Gasteiger partial charge >= 0.3 is 5.97 Å². The molecule has 1 aromatic carbocycles. The molecule has 0 saturated carbocycles. The molecule has 0 spiro atoms. The van der Waals surface area contributed by atoms with Crippen molar-refractivity contribution in [3.8, 4) is 0 Å². The normalized spacial score (nSPS) is 11.7. The van der Waals surface area contributed by atoms with Crippen LogP contribution < -0.4 is 0 Å². The first-order chi connectivity index (χ1) is 8.50. The maximum absolute atomic E-state index is 11.0. The molecule has 18 heavy (non-hydrogen) atoms. The summed E-state index contributed by atoms with van der Waals surface area (Å²) in [5.41, 5.74) is 1.21. The van der Waals surface area contributed by atoms with Crippen LogP contribution in [0.5, 0.6) is 0 Å². The van der Waals surface area contributed by atoms with E-state index in [0.29, 0.717) is 16.5 Å². The second kappa shape index (κ2) is 4.33. The Bertz CT molecular complexity index is 670. The number of H-pyrrole nitrogens is 1. The highest BCUT2D eigenvalue weighted by Crippen LogP contribution is 2.23. The van der Waals surface area contributed by atoms with Crippen LogP contribution in [0.25, 0.3) is 17.0 Å². The quantitative estimate of drug-likeness (QED) is 0.642. The van der Waals surface area contributed by atoms with E-state index in [1.807, 2.05) is 0 Å². The van der Waals surface area contributed by atoms with Crippen LogP contribution in [0, 0.1) is 10.1 Å². The van der Waals surface area contributed by atoms with E-state index in [9.17, 15) is 14.9 Å². The maximum Gasteiger partial charge on any atom is 0.337 e. The summed E-state index contributed by atoms with van der Waals surface area (Å²) in [4.78, 5) is 23.9. The lowest BCUT2D eigenvalue weighted by Crippen LogP contribution is -1.96. The number of nitro groups is 1. The number of aromatic amines is 1. The second-order valence-corrected chi connectivity index (χ2v) is 3.82. The van der Waals surface area contributed by atoms with Gasteiger partial charge in [0.1, 0.15) is 0 Å². The van der Waals surface area contributed by atoms with Gasteiger partial charge in [-0.15, -0.1) is 0 Å². The van der Waals surface area contributed by atoms with Gasteiger partial charge in [0.05, 0.1) is 16.0 Å². The fourth-order valence-electron chi connectivity index (χ4n) is 1.75. The van der Waals surface area contributed by atoms with Gasteiger partial charge in [-0.05, 0) is 6.07 Å². The number of carboxylic acids is 1. The Balaban J connectivity index is 2.63. The van der Waals surface area contributed by atoms with Crippen LogP contribution in [-0.4, -0.2) is 21.0 Å². The number of benzene rings is 1. The van der Waals surface area contributed by atoms with Gasteiger partial charge < -0.3 is 10.1 Å². The molecule has 92 valence electrons. The summed E-state index contributed by atoms with van der Waals surface area (Å²) in [5, 5.41) is 20.2. The number of aromatic nitrogens is 1. The predicted molar refractivity (Wildman–Crippen MR) is 65.9 cm³/mol. The summed E-state index contributed by atoms with van der Waals surface area (Å²) in [5.74, 6) is -1.04. The van der Waals surface area contributed by atoms with Crippen molar-refractivity contribution in [1.82, 2.24) is 4.98 Å². The van der Waals surface area contributed by atoms with Crippen LogP contribution in [0.3, 0.4) is 0 Å². The number of para-hydroxylation sites is 1. The number of rotatable bonds is 3. The summed E-state index contributed by atoms with van der Waals surface area (Å²) in [6, 6.07) is 4.81. The van der Waals surface area contributed by atoms with Gasteiger partial charge in [0, 0.05) is 30.1 Å². The van der Waals surface area contributed by atoms with Gasteiger partial charge in [-0.2, -0.15) is 0 Å². The number of nitrogens with zero attached hydrogens (tertiary/aromatic N) is 1. The predicted octanol–water partition coefficient (Wildman–Crippen LogP) is 2.50. The summed E-state index contributed by atoms with van der Waals surface area (Å²) in [7, 11) is 0. The van der Waals surface area contributed by atoms with Crippen molar-refractivity contribution in [3.63, 3.8) is 0 Å². The SMILES string of the molecule is C/C(=C\c1c[nH]c2c(C(=O)O)cccc12)[N+](=O)[O-]. The number of hydrogen-bond donors (Lipinski definition) is 2. The van der Waals surface area contributed by atoms with Crippen LogP contribution in [0.1, 0.15) is 22.8 Å². The van der Waals surface area contributed by atoms with E-state index < -0.39 is 10.9 Å². The molecule has 2 rings (SSSR count). The third-order valence-corrected chi connectivity index (χ3v) is 2.63. The van der Waals surface area contributed by atoms with Crippen molar-refractivity contribution in [2.75, 3.05) is 0 Å². The zero-order chi connectivity index (χ0) is 13.3. The van der Waals surface area contributed by atoms with Crippen LogP contribution in [-0.2, 0) is 0 Å². The average molecular weight is 246 g/mol. The van der Waals surface area contributed by atoms with Crippen molar-refractivity contribution in [2.45, 2.75) is 6.92 Å². The van der Waals surface area contributed by atoms with Gasteiger partial charge in [-0.25, -0.2) is 4.79 Å². The number of carboxylic acid groups (broad SMARTS) is 1. The molecular weight excluding hydrogens is 236 g/mol. The Morgan fingerprint density at radius 1 is 1.50 bits per heavy atom. The highest BCUT2D eigenvalue weighted by molar-refractivity contribution is 6.04. The number of hydrogen-bond acceptors (Lipinski definition) is 3. The Kier molecular flexibility index (Phi) is 2.85. The lowest BCUT2D eigenvalue weighted by molar-refractivity contribution is -0.422. The Morgan fingerprint density at radius 2 is 2.22 bits per heavy atom. The molecule has 2 N–H and O–H groups in total. The van der Waals surface area contributed by atoms with Gasteiger partial charge in [0.25, 0.3) is 0 Å². The van der Waals surface area contributed by atoms with Gasteiger partial charge in [0.15, 0.2) is 0 Å². The first-order valence-electron chi connectivity index (χ1n) is 5.17. The number of allylic oxidation sites excluding steroid dienone is 1. The molecule has 0 radical (unpaired) electrons. The lowest BCUT2D eigenvalue weighted by Gasteiger charge is -1.97. The smallest absolute Gasteiger partial charge is 0.337 e. The van der Waals surface area contributed by atoms with Crippen molar-refractivity contribution >= 4 is 22.9 Å². The van der Waals surface area contributed by atoms with Crippen molar-refractivity contribution < 1.29 is 14.8 Å². The van der Waals surface area contributed by atoms with E-state index in [0.717, 1.165) is 0 Å². The molecule has 1 heterocycles. The zero-order valence-corrected chi connectivity index (χ0v) is 9.51. The molecule has 2 aromatic rings. The van der Waals surface area contributed by atoms with Crippen LogP contribution in [0.15, 0.2) is 30.1 Å². The molecule has 6 nitrogen and oxygen atoms in total. The lowest BCUT2D eigenvalue weighted by atomic mass is 10.1. The van der Waals surface area contributed by atoms with Gasteiger partial charge in [-0.3, -0.25) is 10.1 Å². The highest BCUT2D eigenvalue weighted by atomic mass is 16.6. The van der Waals surface area contributed by atoms with Gasteiger partial charge in [0.2, 0.25) is 5.70 Å². The van der Waals surface area contributed by atoms with E-state index in [1.54, 1.807) is 18.3 Å². The van der Waals surface area contributed by atoms with Crippen molar-refractivity contribution in [1.29, 1.82) is 0 Å². The second-order valence-electron chi connectivity index (χ2n) is 3.82. The fraction of sp³-hybridized carbons (Fsp3) is 0.0833. The largest absolute Gasteiger partial charge is 0.478 e. The van der Waals surface area contributed by atoms with Crippen LogP contribution in [0.2, 0.25) is 0 Å². The molecule has 0 bridgehead atoms. The minimum absolute atomic E-state index is 0.00312. The standard InChI is InChI=1S/C12H10N2O4/c1-7(14(17)18)5-8-6-13-11-9(8)3-2-4-10(11)12(15)16/h2-6,13H,1H3,(H,15,16)/b7-5+. The fourth-order valence-corrected chi connectivity index (χ4v) is 1.75. The maximum atomic E-state index is 11.0. The third kappa shape index (κ3) is 1.95. The van der Waals surface area contributed by atoms with Gasteiger partial charge in [-0.1, -0.05) is 12.1 Å². The van der Waals surface area contributed by atoms with E-state index in [4.69, 9.17) is 5.11 Å². The number of nitrogens with one attached hydrogen (secondary N) is 1. The summed E-state index contributed by atoms with van der Waals surface area (Å²) in [6.45, 7) is 1.39. The molecule has 0 aliphatic carbocycles. The van der Waals surface area contributed by atoms with E-state index in [2.05, 4.69) is 4.98 Å². The Labute approximate surface area is 102 Å².